The molecule has 4 heterocycles. The van der Waals surface area contributed by atoms with Crippen molar-refractivity contribution in [2.24, 2.45) is 0 Å². The van der Waals surface area contributed by atoms with Gasteiger partial charge in [-0.1, -0.05) is 12.1 Å². The van der Waals surface area contributed by atoms with Crippen LogP contribution in [0.15, 0.2) is 42.6 Å². The van der Waals surface area contributed by atoms with Gasteiger partial charge in [0, 0.05) is 50.0 Å². The number of aliphatic hydroxyl groups is 1. The highest BCUT2D eigenvalue weighted by Crippen LogP contribution is 2.39. The first-order valence-corrected chi connectivity index (χ1v) is 13.4. The Morgan fingerprint density at radius 1 is 0.829 bits per heavy atom. The van der Waals surface area contributed by atoms with Gasteiger partial charge in [-0.3, -0.25) is 0 Å². The molecule has 2 N–H and O–H groups in total. The van der Waals surface area contributed by atoms with E-state index in [1.54, 1.807) is 4.90 Å². The minimum Gasteiger partial charge on any atom is -0.376 e. The van der Waals surface area contributed by atoms with E-state index in [0.29, 0.717) is 42.9 Å². The number of anilines is 4. The zero-order valence-corrected chi connectivity index (χ0v) is 22.4. The van der Waals surface area contributed by atoms with Crippen LogP contribution in [-0.2, 0) is 24.6 Å². The van der Waals surface area contributed by atoms with Gasteiger partial charge < -0.3 is 20.2 Å². The van der Waals surface area contributed by atoms with Crippen molar-refractivity contribution in [2.45, 2.75) is 57.0 Å². The fourth-order valence-corrected chi connectivity index (χ4v) is 5.19. The van der Waals surface area contributed by atoms with E-state index in [4.69, 9.17) is 9.97 Å². The van der Waals surface area contributed by atoms with Crippen molar-refractivity contribution in [3.05, 3.63) is 65.0 Å². The summed E-state index contributed by atoms with van der Waals surface area (Å²) in [7, 11) is 0. The molecule has 0 radical (unpaired) electrons. The molecule has 2 aromatic heterocycles. The minimum atomic E-state index is -4.85. The molecular weight excluding hydrogens is 550 g/mol. The summed E-state index contributed by atoms with van der Waals surface area (Å²) in [5.74, 6) is 0.813. The maximum atomic E-state index is 13.7. The largest absolute Gasteiger partial charge is 0.421 e. The molecular formula is C28H30F6N6O. The standard InChI is InChI=1S/C28H30F6N6O/c1-26(41,28(32,33)34)18-7-9-19(10-8-18)36-23-20-11-16-39(24-21(27(29,30)31)6-5-13-35-24)17-12-22(20)37-25(38-23)40-14-3-2-4-15-40/h5-10,13,41H,2-4,11-12,14-17H2,1H3,(H,36,37,38). The number of nitrogens with one attached hydrogen (secondary N) is 1. The van der Waals surface area contributed by atoms with Crippen molar-refractivity contribution in [3.63, 3.8) is 0 Å². The van der Waals surface area contributed by atoms with Crippen LogP contribution in [0.2, 0.25) is 0 Å². The molecule has 13 heteroatoms. The lowest BCUT2D eigenvalue weighted by molar-refractivity contribution is -0.258. The Morgan fingerprint density at radius 3 is 2.17 bits per heavy atom. The second kappa shape index (κ2) is 11.0. The zero-order valence-electron chi connectivity index (χ0n) is 22.4. The third kappa shape index (κ3) is 6.04. The average Bonchev–Trinajstić information content (AvgIpc) is 3.16. The summed E-state index contributed by atoms with van der Waals surface area (Å²) >= 11 is 0. The number of nitrogens with zero attached hydrogens (tertiary/aromatic N) is 5. The van der Waals surface area contributed by atoms with Gasteiger partial charge in [0.25, 0.3) is 0 Å². The van der Waals surface area contributed by atoms with Crippen LogP contribution in [0.4, 0.5) is 49.6 Å². The maximum Gasteiger partial charge on any atom is 0.421 e. The number of piperidine rings is 1. The van der Waals surface area contributed by atoms with E-state index in [9.17, 15) is 31.4 Å². The lowest BCUT2D eigenvalue weighted by Crippen LogP contribution is -2.39. The third-order valence-electron chi connectivity index (χ3n) is 7.62. The average molecular weight is 581 g/mol. The first kappa shape index (κ1) is 28.9. The van der Waals surface area contributed by atoms with E-state index in [-0.39, 0.29) is 24.5 Å². The van der Waals surface area contributed by atoms with Crippen molar-refractivity contribution in [1.82, 2.24) is 15.0 Å². The van der Waals surface area contributed by atoms with E-state index >= 15 is 0 Å². The van der Waals surface area contributed by atoms with Crippen LogP contribution >= 0.6 is 0 Å². The van der Waals surface area contributed by atoms with Gasteiger partial charge in [0.2, 0.25) is 5.95 Å². The summed E-state index contributed by atoms with van der Waals surface area (Å²) in [5, 5.41) is 13.2. The molecule has 2 aliphatic rings. The smallest absolute Gasteiger partial charge is 0.376 e. The summed E-state index contributed by atoms with van der Waals surface area (Å²) < 4.78 is 81.1. The second-order valence-corrected chi connectivity index (χ2v) is 10.5. The topological polar surface area (TPSA) is 77.4 Å². The number of hydrogen-bond donors (Lipinski definition) is 2. The van der Waals surface area contributed by atoms with Crippen LogP contribution in [0.5, 0.6) is 0 Å². The van der Waals surface area contributed by atoms with E-state index in [1.165, 1.54) is 36.5 Å². The zero-order chi connectivity index (χ0) is 29.4. The van der Waals surface area contributed by atoms with Crippen LogP contribution in [-0.4, -0.2) is 52.4 Å². The third-order valence-corrected chi connectivity index (χ3v) is 7.62. The Bertz CT molecular complexity index is 1370. The highest BCUT2D eigenvalue weighted by molar-refractivity contribution is 5.63. The molecule has 1 fully saturated rings. The Morgan fingerprint density at radius 2 is 1.51 bits per heavy atom. The van der Waals surface area contributed by atoms with Crippen LogP contribution in [0.3, 0.4) is 0 Å². The van der Waals surface area contributed by atoms with Crippen molar-refractivity contribution in [2.75, 3.05) is 41.3 Å². The molecule has 1 atom stereocenters. The SMILES string of the molecule is CC(O)(c1ccc(Nc2nc(N3CCCCC3)nc3c2CCN(c2ncccc2C(F)(F)F)CC3)cc1)C(F)(F)F. The van der Waals surface area contributed by atoms with Gasteiger partial charge >= 0.3 is 12.4 Å². The van der Waals surface area contributed by atoms with Crippen molar-refractivity contribution in [1.29, 1.82) is 0 Å². The van der Waals surface area contributed by atoms with Gasteiger partial charge in [0.05, 0.1) is 11.3 Å². The van der Waals surface area contributed by atoms with E-state index in [1.807, 2.05) is 0 Å². The Kier molecular flexibility index (Phi) is 7.75. The molecule has 0 aliphatic carbocycles. The molecule has 220 valence electrons. The summed E-state index contributed by atoms with van der Waals surface area (Å²) in [4.78, 5) is 17.3. The van der Waals surface area contributed by atoms with Crippen molar-refractivity contribution < 1.29 is 31.4 Å². The van der Waals surface area contributed by atoms with E-state index in [0.717, 1.165) is 44.0 Å². The van der Waals surface area contributed by atoms with Gasteiger partial charge in [-0.15, -0.1) is 0 Å². The van der Waals surface area contributed by atoms with Crippen LogP contribution in [0, 0.1) is 0 Å². The molecule has 5 rings (SSSR count). The number of benzene rings is 1. The predicted molar refractivity (Wildman–Crippen MR) is 142 cm³/mol. The van der Waals surface area contributed by atoms with Gasteiger partial charge in [0.1, 0.15) is 11.6 Å². The molecule has 0 spiro atoms. The lowest BCUT2D eigenvalue weighted by Gasteiger charge is -2.28. The highest BCUT2D eigenvalue weighted by Gasteiger charge is 2.51. The van der Waals surface area contributed by atoms with Gasteiger partial charge in [-0.05, 0) is 62.4 Å². The maximum absolute atomic E-state index is 13.7. The molecule has 0 bridgehead atoms. The van der Waals surface area contributed by atoms with Gasteiger partial charge in [-0.25, -0.2) is 9.97 Å². The first-order valence-electron chi connectivity index (χ1n) is 13.4. The molecule has 3 aromatic rings. The second-order valence-electron chi connectivity index (χ2n) is 10.5. The Labute approximate surface area is 233 Å². The van der Waals surface area contributed by atoms with Crippen molar-refractivity contribution >= 4 is 23.3 Å². The molecule has 41 heavy (non-hydrogen) atoms. The molecule has 1 aromatic carbocycles. The normalized spacial score (nSPS) is 18.0. The minimum absolute atomic E-state index is 0.140. The van der Waals surface area contributed by atoms with Crippen molar-refractivity contribution in [3.8, 4) is 0 Å². The number of pyridine rings is 1. The van der Waals surface area contributed by atoms with Crippen LogP contribution in [0.1, 0.15) is 48.6 Å². The number of aromatic nitrogens is 3. The molecule has 0 amide bonds. The molecule has 2 aliphatic heterocycles. The molecule has 0 saturated carbocycles. The summed E-state index contributed by atoms with van der Waals surface area (Å²) in [6, 6.07) is 7.53. The Hall–Kier alpha value is -3.61. The van der Waals surface area contributed by atoms with Gasteiger partial charge in [-0.2, -0.15) is 31.3 Å². The Balaban J connectivity index is 1.47. The predicted octanol–water partition coefficient (Wildman–Crippen LogP) is 6.00. The first-order chi connectivity index (χ1) is 19.3. The quantitative estimate of drug-likeness (QED) is 0.359. The van der Waals surface area contributed by atoms with E-state index in [2.05, 4.69) is 15.2 Å². The molecule has 1 unspecified atom stereocenters. The highest BCUT2D eigenvalue weighted by atomic mass is 19.4. The van der Waals surface area contributed by atoms with Crippen LogP contribution in [0.25, 0.3) is 0 Å². The number of rotatable bonds is 5. The summed E-state index contributed by atoms with van der Waals surface area (Å²) in [5.41, 5.74) is -2.25. The number of fused-ring (bicyclic) bond motifs is 1. The lowest BCUT2D eigenvalue weighted by atomic mass is 9.95. The molecule has 7 nitrogen and oxygen atoms in total. The monoisotopic (exact) mass is 580 g/mol. The van der Waals surface area contributed by atoms with Gasteiger partial charge in [0.15, 0.2) is 5.60 Å². The number of alkyl halides is 6. The number of hydrogen-bond acceptors (Lipinski definition) is 7. The van der Waals surface area contributed by atoms with E-state index < -0.39 is 23.5 Å². The number of halogens is 6. The fraction of sp³-hybridized carbons (Fsp3) is 0.464. The fourth-order valence-electron chi connectivity index (χ4n) is 5.19. The summed E-state index contributed by atoms with van der Waals surface area (Å²) in [6.07, 6.45) is -4.32. The summed E-state index contributed by atoms with van der Waals surface area (Å²) in [6.45, 7) is 2.75. The molecule has 1 saturated heterocycles. The van der Waals surface area contributed by atoms with Crippen LogP contribution < -0.4 is 15.1 Å².